The lowest BCUT2D eigenvalue weighted by atomic mass is 10.1. The first-order valence-corrected chi connectivity index (χ1v) is 3.94. The lowest BCUT2D eigenvalue weighted by molar-refractivity contribution is 0.0995. The van der Waals surface area contributed by atoms with Crippen LogP contribution in [0, 0.1) is 0 Å². The van der Waals surface area contributed by atoms with Crippen LogP contribution in [-0.2, 0) is 0 Å². The maximum Gasteiger partial charge on any atom is 0.183 e. The van der Waals surface area contributed by atoms with Crippen LogP contribution in [0.15, 0.2) is 12.1 Å². The number of phenolic OH excluding ortho intramolecular Hbond substituents is 2. The molecule has 1 aromatic rings. The maximum atomic E-state index is 11.2. The number of carbonyl (C=O) groups excluding carboxylic acids is 1. The molecule has 0 radical (unpaired) electrons. The van der Waals surface area contributed by atoms with Crippen molar-refractivity contribution in [2.45, 2.75) is 0 Å². The van der Waals surface area contributed by atoms with E-state index in [4.69, 9.17) is 10.5 Å². The summed E-state index contributed by atoms with van der Waals surface area (Å²) in [6, 6.07) is 2.62. The second kappa shape index (κ2) is 3.97. The number of phenols is 2. The predicted molar refractivity (Wildman–Crippen MR) is 49.7 cm³/mol. The van der Waals surface area contributed by atoms with Crippen molar-refractivity contribution in [2.75, 3.05) is 13.7 Å². The SMILES string of the molecule is COc1ccc(O)c(C(=O)CN)c1O. The molecule has 0 bridgehead atoms. The van der Waals surface area contributed by atoms with Crippen molar-refractivity contribution in [2.24, 2.45) is 5.73 Å². The van der Waals surface area contributed by atoms with E-state index in [0.29, 0.717) is 0 Å². The fourth-order valence-electron chi connectivity index (χ4n) is 1.10. The molecule has 0 aliphatic heterocycles. The highest BCUT2D eigenvalue weighted by molar-refractivity contribution is 6.03. The molecule has 0 heterocycles. The van der Waals surface area contributed by atoms with Gasteiger partial charge in [0, 0.05) is 0 Å². The third-order valence-electron chi connectivity index (χ3n) is 1.80. The molecule has 1 aromatic carbocycles. The average molecular weight is 197 g/mol. The third kappa shape index (κ3) is 1.62. The van der Waals surface area contributed by atoms with Crippen LogP contribution in [0.3, 0.4) is 0 Å². The number of rotatable bonds is 3. The van der Waals surface area contributed by atoms with Crippen LogP contribution >= 0.6 is 0 Å². The number of hydrogen-bond donors (Lipinski definition) is 3. The quantitative estimate of drug-likeness (QED) is 0.604. The molecule has 5 heteroatoms. The molecule has 0 unspecified atom stereocenters. The molecule has 0 saturated carbocycles. The molecule has 14 heavy (non-hydrogen) atoms. The van der Waals surface area contributed by atoms with E-state index in [9.17, 15) is 15.0 Å². The van der Waals surface area contributed by atoms with Gasteiger partial charge in [-0.25, -0.2) is 0 Å². The minimum absolute atomic E-state index is 0.125. The molecule has 1 rings (SSSR count). The Morgan fingerprint density at radius 2 is 2.14 bits per heavy atom. The second-order valence-electron chi connectivity index (χ2n) is 2.64. The summed E-state index contributed by atoms with van der Waals surface area (Å²) in [6.07, 6.45) is 0. The minimum atomic E-state index is -0.543. The molecule has 0 atom stereocenters. The van der Waals surface area contributed by atoms with E-state index in [1.165, 1.54) is 19.2 Å². The average Bonchev–Trinajstić information content (AvgIpc) is 2.18. The number of carbonyl (C=O) groups is 1. The predicted octanol–water partition coefficient (Wildman–Crippen LogP) is 0.248. The van der Waals surface area contributed by atoms with Crippen LogP contribution in [0.4, 0.5) is 0 Å². The van der Waals surface area contributed by atoms with Gasteiger partial charge in [0.25, 0.3) is 0 Å². The molecule has 76 valence electrons. The Morgan fingerprint density at radius 1 is 1.50 bits per heavy atom. The fraction of sp³-hybridized carbons (Fsp3) is 0.222. The zero-order valence-electron chi connectivity index (χ0n) is 7.65. The van der Waals surface area contributed by atoms with Crippen molar-refractivity contribution >= 4 is 5.78 Å². The Kier molecular flexibility index (Phi) is 2.93. The molecule has 0 aromatic heterocycles. The van der Waals surface area contributed by atoms with Gasteiger partial charge in [0.2, 0.25) is 0 Å². The number of nitrogens with two attached hydrogens (primary N) is 1. The molecule has 0 saturated heterocycles. The molecule has 0 fully saturated rings. The molecule has 0 aliphatic rings. The van der Waals surface area contributed by atoms with Crippen LogP contribution in [-0.4, -0.2) is 29.7 Å². The van der Waals surface area contributed by atoms with Gasteiger partial charge in [0.05, 0.1) is 13.7 Å². The minimum Gasteiger partial charge on any atom is -0.507 e. The Bertz CT molecular complexity index is 362. The third-order valence-corrected chi connectivity index (χ3v) is 1.80. The van der Waals surface area contributed by atoms with Crippen molar-refractivity contribution in [1.29, 1.82) is 0 Å². The largest absolute Gasteiger partial charge is 0.507 e. The van der Waals surface area contributed by atoms with Gasteiger partial charge in [0.1, 0.15) is 11.3 Å². The summed E-state index contributed by atoms with van der Waals surface area (Å²) < 4.78 is 4.78. The highest BCUT2D eigenvalue weighted by Crippen LogP contribution is 2.35. The summed E-state index contributed by atoms with van der Waals surface area (Å²) in [5.74, 6) is -1.11. The van der Waals surface area contributed by atoms with Crippen LogP contribution in [0.25, 0.3) is 0 Å². The van der Waals surface area contributed by atoms with Crippen molar-refractivity contribution in [3.05, 3.63) is 17.7 Å². The number of ketones is 1. The molecule has 0 aliphatic carbocycles. The van der Waals surface area contributed by atoms with Crippen molar-refractivity contribution in [3.63, 3.8) is 0 Å². The normalized spacial score (nSPS) is 9.86. The zero-order valence-corrected chi connectivity index (χ0v) is 7.65. The maximum absolute atomic E-state index is 11.2. The van der Waals surface area contributed by atoms with Gasteiger partial charge in [-0.1, -0.05) is 0 Å². The second-order valence-corrected chi connectivity index (χ2v) is 2.64. The lowest BCUT2D eigenvalue weighted by Crippen LogP contribution is -2.14. The summed E-state index contributed by atoms with van der Waals surface area (Å²) >= 11 is 0. The Morgan fingerprint density at radius 3 is 2.64 bits per heavy atom. The van der Waals surface area contributed by atoms with Gasteiger partial charge in [-0.2, -0.15) is 0 Å². The first-order valence-electron chi connectivity index (χ1n) is 3.94. The van der Waals surface area contributed by atoms with Crippen LogP contribution in [0.1, 0.15) is 10.4 Å². The molecule has 0 amide bonds. The first-order chi connectivity index (χ1) is 6.61. The van der Waals surface area contributed by atoms with Gasteiger partial charge < -0.3 is 20.7 Å². The summed E-state index contributed by atoms with van der Waals surface area (Å²) in [4.78, 5) is 11.2. The van der Waals surface area contributed by atoms with Crippen molar-refractivity contribution in [1.82, 2.24) is 0 Å². The van der Waals surface area contributed by atoms with Crippen molar-refractivity contribution in [3.8, 4) is 17.2 Å². The van der Waals surface area contributed by atoms with Crippen LogP contribution < -0.4 is 10.5 Å². The van der Waals surface area contributed by atoms with Crippen LogP contribution in [0.5, 0.6) is 17.2 Å². The van der Waals surface area contributed by atoms with E-state index in [2.05, 4.69) is 0 Å². The van der Waals surface area contributed by atoms with E-state index in [-0.39, 0.29) is 29.4 Å². The highest BCUT2D eigenvalue weighted by Gasteiger charge is 2.18. The van der Waals surface area contributed by atoms with E-state index < -0.39 is 5.78 Å². The monoisotopic (exact) mass is 197 g/mol. The standard InChI is InChI=1S/C9H11NO4/c1-14-7-3-2-5(11)8(9(7)13)6(12)4-10/h2-3,11,13H,4,10H2,1H3. The molecule has 0 spiro atoms. The zero-order chi connectivity index (χ0) is 10.7. The van der Waals surface area contributed by atoms with Crippen molar-refractivity contribution < 1.29 is 19.7 Å². The Labute approximate surface area is 80.7 Å². The van der Waals surface area contributed by atoms with Gasteiger partial charge in [-0.05, 0) is 12.1 Å². The lowest BCUT2D eigenvalue weighted by Gasteiger charge is -2.08. The number of benzene rings is 1. The van der Waals surface area contributed by atoms with Gasteiger partial charge in [-0.3, -0.25) is 4.79 Å². The van der Waals surface area contributed by atoms with E-state index in [0.717, 1.165) is 0 Å². The molecule has 5 nitrogen and oxygen atoms in total. The van der Waals surface area contributed by atoms with E-state index in [1.807, 2.05) is 0 Å². The number of aromatic hydroxyl groups is 2. The molecule has 4 N–H and O–H groups in total. The smallest absolute Gasteiger partial charge is 0.183 e. The van der Waals surface area contributed by atoms with Gasteiger partial charge in [0.15, 0.2) is 17.3 Å². The summed E-state index contributed by atoms with van der Waals surface area (Å²) in [5.41, 5.74) is 4.92. The van der Waals surface area contributed by atoms with E-state index >= 15 is 0 Å². The molecular weight excluding hydrogens is 186 g/mol. The topological polar surface area (TPSA) is 92.8 Å². The van der Waals surface area contributed by atoms with Gasteiger partial charge >= 0.3 is 0 Å². The summed E-state index contributed by atoms with van der Waals surface area (Å²) in [7, 11) is 1.35. The van der Waals surface area contributed by atoms with Gasteiger partial charge in [-0.15, -0.1) is 0 Å². The number of Topliss-reactive ketones (excluding diaryl/α,β-unsaturated/α-hetero) is 1. The van der Waals surface area contributed by atoms with E-state index in [1.54, 1.807) is 0 Å². The highest BCUT2D eigenvalue weighted by atomic mass is 16.5. The number of hydrogen-bond acceptors (Lipinski definition) is 5. The molecular formula is C9H11NO4. The Hall–Kier alpha value is -1.75. The summed E-state index contributed by atoms with van der Waals surface area (Å²) in [6.45, 7) is -0.283. The first kappa shape index (κ1) is 10.3. The summed E-state index contributed by atoms with van der Waals surface area (Å²) in [5, 5.41) is 18.8. The number of ether oxygens (including phenoxy) is 1. The number of methoxy groups -OCH3 is 1. The fourth-order valence-corrected chi connectivity index (χ4v) is 1.10. The Balaban J connectivity index is 3.32. The van der Waals surface area contributed by atoms with Crippen LogP contribution in [0.2, 0.25) is 0 Å².